The minimum atomic E-state index is 0.0752. The second-order valence-corrected chi connectivity index (χ2v) is 7.50. The maximum atomic E-state index is 12.8. The van der Waals surface area contributed by atoms with Crippen LogP contribution >= 0.6 is 0 Å². The van der Waals surface area contributed by atoms with E-state index in [1.807, 2.05) is 25.4 Å². The Bertz CT molecular complexity index is 807. The summed E-state index contributed by atoms with van der Waals surface area (Å²) in [6.07, 6.45) is 10.9. The van der Waals surface area contributed by atoms with Gasteiger partial charge in [-0.2, -0.15) is 5.10 Å². The number of guanidine groups is 1. The summed E-state index contributed by atoms with van der Waals surface area (Å²) in [5.41, 5.74) is 0.854. The quantitative estimate of drug-likeness (QED) is 0.628. The van der Waals surface area contributed by atoms with E-state index in [1.165, 1.54) is 25.7 Å². The van der Waals surface area contributed by atoms with Crippen molar-refractivity contribution in [1.82, 2.24) is 20.0 Å². The van der Waals surface area contributed by atoms with Gasteiger partial charge in [0, 0.05) is 45.3 Å². The fourth-order valence-electron chi connectivity index (χ4n) is 3.89. The molecular weight excluding hydrogens is 356 g/mol. The van der Waals surface area contributed by atoms with Crippen LogP contribution < -0.4 is 10.2 Å². The molecule has 8 heteroatoms. The molecule has 2 aromatic rings. The largest absolute Gasteiger partial charge is 0.469 e. The third kappa shape index (κ3) is 4.37. The zero-order valence-electron chi connectivity index (χ0n) is 16.4. The first-order chi connectivity index (χ1) is 13.7. The number of nitrogens with zero attached hydrogens (tertiary/aromatic N) is 5. The van der Waals surface area contributed by atoms with Crippen LogP contribution in [0.4, 0.5) is 5.69 Å². The summed E-state index contributed by atoms with van der Waals surface area (Å²) in [6, 6.07) is 4.32. The number of carbonyl (C=O) groups excluding carboxylic acids is 1. The Labute approximate surface area is 165 Å². The van der Waals surface area contributed by atoms with Gasteiger partial charge >= 0.3 is 0 Å². The van der Waals surface area contributed by atoms with Crippen LogP contribution in [-0.2, 0) is 18.3 Å². The van der Waals surface area contributed by atoms with Crippen molar-refractivity contribution in [3.8, 4) is 0 Å². The summed E-state index contributed by atoms with van der Waals surface area (Å²) in [4.78, 5) is 21.5. The second-order valence-electron chi connectivity index (χ2n) is 7.50. The molecule has 0 bridgehead atoms. The van der Waals surface area contributed by atoms with Gasteiger partial charge in [-0.1, -0.05) is 12.8 Å². The van der Waals surface area contributed by atoms with Crippen molar-refractivity contribution in [1.29, 1.82) is 0 Å². The van der Waals surface area contributed by atoms with Gasteiger partial charge in [-0.05, 0) is 25.0 Å². The standard InChI is InChI=1S/C20H28N6O2/c1-24-14-17(13-22-24)26-11-10-25(15-19(26)27)20(23-16-5-2-3-6-16)21-9-8-18-7-4-12-28-18/h4,7,12-14,16H,2-3,5-6,8-11,15H2,1H3,(H,21,23). The number of aromatic nitrogens is 2. The number of aliphatic imine (C=N–C) groups is 1. The van der Waals surface area contributed by atoms with Gasteiger partial charge in [0.2, 0.25) is 5.91 Å². The number of nitrogens with one attached hydrogen (secondary N) is 1. The van der Waals surface area contributed by atoms with Crippen LogP contribution in [0.1, 0.15) is 31.4 Å². The molecule has 2 fully saturated rings. The molecule has 1 aliphatic heterocycles. The highest BCUT2D eigenvalue weighted by molar-refractivity contribution is 5.98. The van der Waals surface area contributed by atoms with Gasteiger partial charge in [0.15, 0.2) is 5.96 Å². The molecule has 0 radical (unpaired) electrons. The van der Waals surface area contributed by atoms with Crippen LogP contribution in [0.25, 0.3) is 0 Å². The van der Waals surface area contributed by atoms with Crippen LogP contribution in [-0.4, -0.2) is 58.8 Å². The van der Waals surface area contributed by atoms with Crippen LogP contribution in [0.5, 0.6) is 0 Å². The number of hydrogen-bond donors (Lipinski definition) is 1. The van der Waals surface area contributed by atoms with Crippen LogP contribution in [0.3, 0.4) is 0 Å². The molecule has 0 unspecified atom stereocenters. The molecule has 4 rings (SSSR count). The highest BCUT2D eigenvalue weighted by atomic mass is 16.3. The van der Waals surface area contributed by atoms with Crippen molar-refractivity contribution >= 4 is 17.6 Å². The van der Waals surface area contributed by atoms with Crippen molar-refractivity contribution < 1.29 is 9.21 Å². The lowest BCUT2D eigenvalue weighted by molar-refractivity contribution is -0.120. The third-order valence-corrected chi connectivity index (χ3v) is 5.41. The van der Waals surface area contributed by atoms with Crippen molar-refractivity contribution in [3.63, 3.8) is 0 Å². The number of carbonyl (C=O) groups is 1. The highest BCUT2D eigenvalue weighted by Gasteiger charge is 2.29. The first-order valence-electron chi connectivity index (χ1n) is 10.1. The number of aryl methyl sites for hydroxylation is 1. The predicted molar refractivity (Wildman–Crippen MR) is 107 cm³/mol. The number of hydrogen-bond acceptors (Lipinski definition) is 4. The molecular formula is C20H28N6O2. The van der Waals surface area contributed by atoms with Gasteiger partial charge in [0.05, 0.1) is 18.1 Å². The van der Waals surface area contributed by atoms with Gasteiger partial charge in [0.1, 0.15) is 12.3 Å². The van der Waals surface area contributed by atoms with Gasteiger partial charge in [-0.15, -0.1) is 0 Å². The van der Waals surface area contributed by atoms with Crippen molar-refractivity contribution in [3.05, 3.63) is 36.5 Å². The Morgan fingerprint density at radius 3 is 2.89 bits per heavy atom. The summed E-state index contributed by atoms with van der Waals surface area (Å²) in [6.45, 7) is 2.35. The zero-order valence-corrected chi connectivity index (χ0v) is 16.4. The third-order valence-electron chi connectivity index (χ3n) is 5.41. The van der Waals surface area contributed by atoms with Gasteiger partial charge in [-0.25, -0.2) is 0 Å². The minimum absolute atomic E-state index is 0.0752. The average molecular weight is 384 g/mol. The van der Waals surface area contributed by atoms with E-state index >= 15 is 0 Å². The molecule has 2 aromatic heterocycles. The van der Waals surface area contributed by atoms with Gasteiger partial charge in [-0.3, -0.25) is 14.5 Å². The molecule has 0 atom stereocenters. The molecule has 0 spiro atoms. The van der Waals surface area contributed by atoms with Crippen molar-refractivity contribution in [2.75, 3.05) is 31.1 Å². The summed E-state index contributed by atoms with van der Waals surface area (Å²) >= 11 is 0. The Hall–Kier alpha value is -2.77. The molecule has 2 aliphatic rings. The highest BCUT2D eigenvalue weighted by Crippen LogP contribution is 2.19. The lowest BCUT2D eigenvalue weighted by Crippen LogP contribution is -2.56. The fourth-order valence-corrected chi connectivity index (χ4v) is 3.89. The minimum Gasteiger partial charge on any atom is -0.469 e. The van der Waals surface area contributed by atoms with E-state index in [0.29, 0.717) is 25.7 Å². The van der Waals surface area contributed by atoms with E-state index in [0.717, 1.165) is 30.4 Å². The van der Waals surface area contributed by atoms with E-state index < -0.39 is 0 Å². The maximum absolute atomic E-state index is 12.8. The summed E-state index contributed by atoms with van der Waals surface area (Å²) in [5.74, 6) is 1.85. The summed E-state index contributed by atoms with van der Waals surface area (Å²) < 4.78 is 7.12. The SMILES string of the molecule is Cn1cc(N2CCN(C(=NCCc3ccco3)NC3CCCC3)CC2=O)cn1. The van der Waals surface area contributed by atoms with E-state index in [1.54, 1.807) is 22.0 Å². The molecule has 1 amide bonds. The van der Waals surface area contributed by atoms with E-state index in [4.69, 9.17) is 9.41 Å². The molecule has 150 valence electrons. The maximum Gasteiger partial charge on any atom is 0.246 e. The predicted octanol–water partition coefficient (Wildman–Crippen LogP) is 1.79. The van der Waals surface area contributed by atoms with E-state index in [2.05, 4.69) is 15.3 Å². The second kappa shape index (κ2) is 8.50. The van der Waals surface area contributed by atoms with Gasteiger partial charge < -0.3 is 19.5 Å². The Balaban J connectivity index is 1.42. The number of rotatable bonds is 5. The van der Waals surface area contributed by atoms with Crippen molar-refractivity contribution in [2.45, 2.75) is 38.1 Å². The zero-order chi connectivity index (χ0) is 19.3. The molecule has 8 nitrogen and oxygen atoms in total. The van der Waals surface area contributed by atoms with Crippen LogP contribution in [0.2, 0.25) is 0 Å². The molecule has 1 saturated heterocycles. The molecule has 1 aliphatic carbocycles. The number of amides is 1. The van der Waals surface area contributed by atoms with Gasteiger partial charge in [0.25, 0.3) is 0 Å². The monoisotopic (exact) mass is 384 g/mol. The Morgan fingerprint density at radius 2 is 2.21 bits per heavy atom. The van der Waals surface area contributed by atoms with Crippen LogP contribution in [0, 0.1) is 0 Å². The summed E-state index contributed by atoms with van der Waals surface area (Å²) in [5, 5.41) is 7.78. The summed E-state index contributed by atoms with van der Waals surface area (Å²) in [7, 11) is 1.86. The van der Waals surface area contributed by atoms with E-state index in [-0.39, 0.29) is 5.91 Å². The lowest BCUT2D eigenvalue weighted by atomic mass is 10.2. The molecule has 3 heterocycles. The molecule has 0 aromatic carbocycles. The number of piperazine rings is 1. The Kier molecular flexibility index (Phi) is 5.64. The average Bonchev–Trinajstić information content (AvgIpc) is 3.44. The Morgan fingerprint density at radius 1 is 1.36 bits per heavy atom. The molecule has 1 N–H and O–H groups in total. The van der Waals surface area contributed by atoms with Crippen LogP contribution in [0.15, 0.2) is 40.2 Å². The lowest BCUT2D eigenvalue weighted by Gasteiger charge is -2.36. The molecule has 28 heavy (non-hydrogen) atoms. The number of furan rings is 1. The van der Waals surface area contributed by atoms with E-state index in [9.17, 15) is 4.79 Å². The molecule has 1 saturated carbocycles. The first kappa shape index (κ1) is 18.6. The normalized spacial score (nSPS) is 18.9. The smallest absolute Gasteiger partial charge is 0.246 e. The van der Waals surface area contributed by atoms with Crippen molar-refractivity contribution in [2.24, 2.45) is 12.0 Å². The topological polar surface area (TPSA) is 78.9 Å². The first-order valence-corrected chi connectivity index (χ1v) is 10.1. The fraction of sp³-hybridized carbons (Fsp3) is 0.550. The number of anilines is 1.